The molecule has 0 aromatic heterocycles. The van der Waals surface area contributed by atoms with Crippen LogP contribution in [0, 0.1) is 5.82 Å². The van der Waals surface area contributed by atoms with Crippen molar-refractivity contribution in [3.63, 3.8) is 0 Å². The number of nitrogens with one attached hydrogen (secondary N) is 1. The topological polar surface area (TPSA) is 32.3 Å². The third kappa shape index (κ3) is 4.46. The predicted octanol–water partition coefficient (Wildman–Crippen LogP) is 2.30. The van der Waals surface area contributed by atoms with Crippen molar-refractivity contribution in [1.82, 2.24) is 5.32 Å². The smallest absolute Gasteiger partial charge is 0.123 e. The number of halogens is 1. The molecule has 0 aliphatic carbocycles. The number of rotatable bonds is 5. The molecule has 2 N–H and O–H groups in total. The van der Waals surface area contributed by atoms with Crippen molar-refractivity contribution in [3.05, 3.63) is 35.6 Å². The van der Waals surface area contributed by atoms with Crippen LogP contribution in [0.4, 0.5) is 4.39 Å². The number of thioether (sulfide) groups is 2. The van der Waals surface area contributed by atoms with Crippen molar-refractivity contribution in [2.24, 2.45) is 0 Å². The molecule has 1 aromatic rings. The third-order valence-corrected chi connectivity index (χ3v) is 5.69. The summed E-state index contributed by atoms with van der Waals surface area (Å²) < 4.78 is 12.7. The number of hydrogen-bond acceptors (Lipinski definition) is 4. The van der Waals surface area contributed by atoms with Gasteiger partial charge in [0.25, 0.3) is 0 Å². The Balaban J connectivity index is 1.70. The van der Waals surface area contributed by atoms with Gasteiger partial charge in [-0.25, -0.2) is 4.39 Å². The fourth-order valence-electron chi connectivity index (χ4n) is 1.84. The molecule has 2 nitrogen and oxygen atoms in total. The first-order valence-electron chi connectivity index (χ1n) is 6.09. The monoisotopic (exact) mass is 287 g/mol. The van der Waals surface area contributed by atoms with Crippen LogP contribution < -0.4 is 5.32 Å². The van der Waals surface area contributed by atoms with Crippen LogP contribution in [-0.4, -0.2) is 40.7 Å². The van der Waals surface area contributed by atoms with Crippen molar-refractivity contribution >= 4 is 23.5 Å². The Morgan fingerprint density at radius 2 is 2.11 bits per heavy atom. The van der Waals surface area contributed by atoms with Gasteiger partial charge in [0.15, 0.2) is 0 Å². The normalized spacial score (nSPS) is 21.8. The van der Waals surface area contributed by atoms with E-state index >= 15 is 0 Å². The van der Waals surface area contributed by atoms with Crippen molar-refractivity contribution in [3.8, 4) is 0 Å². The SMILES string of the molecule is OC(CNCC1CSCCS1)c1ccc(F)cc1. The Labute approximate surface area is 116 Å². The van der Waals surface area contributed by atoms with Crippen LogP contribution in [0.25, 0.3) is 0 Å². The predicted molar refractivity (Wildman–Crippen MR) is 77.8 cm³/mol. The van der Waals surface area contributed by atoms with E-state index in [4.69, 9.17) is 0 Å². The first-order chi connectivity index (χ1) is 8.75. The van der Waals surface area contributed by atoms with E-state index in [0.717, 1.165) is 12.1 Å². The van der Waals surface area contributed by atoms with Gasteiger partial charge in [0.2, 0.25) is 0 Å². The van der Waals surface area contributed by atoms with Crippen LogP contribution in [-0.2, 0) is 0 Å². The summed E-state index contributed by atoms with van der Waals surface area (Å²) in [5.41, 5.74) is 0.759. The molecule has 1 saturated heterocycles. The summed E-state index contributed by atoms with van der Waals surface area (Å²) in [5.74, 6) is 3.39. The van der Waals surface area contributed by atoms with Crippen molar-refractivity contribution < 1.29 is 9.50 Å². The van der Waals surface area contributed by atoms with Crippen LogP contribution in [0.15, 0.2) is 24.3 Å². The van der Waals surface area contributed by atoms with Gasteiger partial charge in [-0.2, -0.15) is 23.5 Å². The zero-order valence-corrected chi connectivity index (χ0v) is 11.8. The Kier molecular flexibility index (Phi) is 5.82. The summed E-state index contributed by atoms with van der Waals surface area (Å²) in [6.45, 7) is 1.45. The lowest BCUT2D eigenvalue weighted by molar-refractivity contribution is 0.175. The van der Waals surface area contributed by atoms with E-state index in [1.807, 2.05) is 23.5 Å². The summed E-state index contributed by atoms with van der Waals surface area (Å²) in [6, 6.07) is 6.03. The molecule has 1 heterocycles. The van der Waals surface area contributed by atoms with Gasteiger partial charge in [-0.3, -0.25) is 0 Å². The van der Waals surface area contributed by atoms with Crippen LogP contribution in [0.2, 0.25) is 0 Å². The molecule has 0 bridgehead atoms. The fourth-order valence-corrected chi connectivity index (χ4v) is 4.48. The highest BCUT2D eigenvalue weighted by Crippen LogP contribution is 2.23. The molecule has 1 aromatic carbocycles. The molecular weight excluding hydrogens is 269 g/mol. The van der Waals surface area contributed by atoms with E-state index in [9.17, 15) is 9.50 Å². The average molecular weight is 287 g/mol. The lowest BCUT2D eigenvalue weighted by atomic mass is 10.1. The molecule has 2 unspecified atom stereocenters. The highest BCUT2D eigenvalue weighted by molar-refractivity contribution is 8.06. The van der Waals surface area contributed by atoms with Gasteiger partial charge in [-0.15, -0.1) is 0 Å². The van der Waals surface area contributed by atoms with Gasteiger partial charge in [-0.1, -0.05) is 12.1 Å². The van der Waals surface area contributed by atoms with Crippen molar-refractivity contribution in [2.45, 2.75) is 11.4 Å². The molecule has 1 fully saturated rings. The maximum absolute atomic E-state index is 12.7. The molecule has 5 heteroatoms. The van der Waals surface area contributed by atoms with E-state index in [1.54, 1.807) is 12.1 Å². The van der Waals surface area contributed by atoms with Crippen LogP contribution in [0.1, 0.15) is 11.7 Å². The van der Waals surface area contributed by atoms with E-state index < -0.39 is 6.10 Å². The highest BCUT2D eigenvalue weighted by atomic mass is 32.2. The first-order valence-corrected chi connectivity index (χ1v) is 8.29. The largest absolute Gasteiger partial charge is 0.387 e. The zero-order valence-electron chi connectivity index (χ0n) is 10.1. The molecule has 1 aliphatic rings. The standard InChI is InChI=1S/C13H18FNOS2/c14-11-3-1-10(2-4-11)13(16)8-15-7-12-9-17-5-6-18-12/h1-4,12-13,15-16H,5-9H2. The number of hydrogen-bond donors (Lipinski definition) is 2. The van der Waals surface area contributed by atoms with E-state index in [1.165, 1.54) is 29.4 Å². The second-order valence-corrected chi connectivity index (χ2v) is 6.85. The fraction of sp³-hybridized carbons (Fsp3) is 0.538. The van der Waals surface area contributed by atoms with Gasteiger partial charge < -0.3 is 10.4 Å². The molecule has 2 rings (SSSR count). The molecule has 100 valence electrons. The maximum atomic E-state index is 12.7. The van der Waals surface area contributed by atoms with Crippen LogP contribution >= 0.6 is 23.5 Å². The summed E-state index contributed by atoms with van der Waals surface area (Å²) in [4.78, 5) is 0. The number of aliphatic hydroxyl groups excluding tert-OH is 1. The maximum Gasteiger partial charge on any atom is 0.123 e. The van der Waals surface area contributed by atoms with Gasteiger partial charge in [0.05, 0.1) is 6.10 Å². The zero-order chi connectivity index (χ0) is 12.8. The van der Waals surface area contributed by atoms with E-state index in [-0.39, 0.29) is 5.82 Å². The van der Waals surface area contributed by atoms with E-state index in [0.29, 0.717) is 11.8 Å². The minimum Gasteiger partial charge on any atom is -0.387 e. The Hall–Kier alpha value is -0.230. The number of aliphatic hydroxyl groups is 1. The molecular formula is C13H18FNOS2. The summed E-state index contributed by atoms with van der Waals surface area (Å²) in [5, 5.41) is 13.9. The summed E-state index contributed by atoms with van der Waals surface area (Å²) >= 11 is 3.99. The van der Waals surface area contributed by atoms with Gasteiger partial charge >= 0.3 is 0 Å². The summed E-state index contributed by atoms with van der Waals surface area (Å²) in [7, 11) is 0. The lowest BCUT2D eigenvalue weighted by Gasteiger charge is -2.22. The van der Waals surface area contributed by atoms with Crippen LogP contribution in [0.3, 0.4) is 0 Å². The van der Waals surface area contributed by atoms with E-state index in [2.05, 4.69) is 5.32 Å². The quantitative estimate of drug-likeness (QED) is 0.870. The number of benzene rings is 1. The molecule has 0 amide bonds. The molecule has 18 heavy (non-hydrogen) atoms. The molecule has 2 atom stereocenters. The molecule has 0 spiro atoms. The minimum atomic E-state index is -0.563. The Bertz CT molecular complexity index is 355. The molecule has 0 radical (unpaired) electrons. The minimum absolute atomic E-state index is 0.269. The Morgan fingerprint density at radius 1 is 1.33 bits per heavy atom. The van der Waals surface area contributed by atoms with Crippen LogP contribution in [0.5, 0.6) is 0 Å². The van der Waals surface area contributed by atoms with Gasteiger partial charge in [0.1, 0.15) is 5.82 Å². The average Bonchev–Trinajstić information content (AvgIpc) is 2.40. The molecule has 1 aliphatic heterocycles. The van der Waals surface area contributed by atoms with Crippen molar-refractivity contribution in [2.75, 3.05) is 30.3 Å². The summed E-state index contributed by atoms with van der Waals surface area (Å²) in [6.07, 6.45) is -0.563. The lowest BCUT2D eigenvalue weighted by Crippen LogP contribution is -2.31. The third-order valence-electron chi connectivity index (χ3n) is 2.85. The second-order valence-electron chi connectivity index (χ2n) is 4.29. The van der Waals surface area contributed by atoms with Crippen molar-refractivity contribution in [1.29, 1.82) is 0 Å². The Morgan fingerprint density at radius 3 is 2.78 bits per heavy atom. The molecule has 0 saturated carbocycles. The highest BCUT2D eigenvalue weighted by Gasteiger charge is 2.14. The van der Waals surface area contributed by atoms with Gasteiger partial charge in [-0.05, 0) is 17.7 Å². The second kappa shape index (κ2) is 7.38. The first kappa shape index (κ1) is 14.2. The van der Waals surface area contributed by atoms with Gasteiger partial charge in [0, 0.05) is 35.6 Å².